The van der Waals surface area contributed by atoms with Gasteiger partial charge in [-0.1, -0.05) is 13.8 Å². The van der Waals surface area contributed by atoms with Crippen LogP contribution < -0.4 is 5.32 Å². The van der Waals surface area contributed by atoms with Crippen molar-refractivity contribution in [1.29, 1.82) is 0 Å². The number of hydrogen-bond donors (Lipinski definition) is 1. The zero-order chi connectivity index (χ0) is 13.2. The van der Waals surface area contributed by atoms with Crippen molar-refractivity contribution in [3.63, 3.8) is 0 Å². The molecule has 0 aliphatic carbocycles. The van der Waals surface area contributed by atoms with E-state index >= 15 is 0 Å². The van der Waals surface area contributed by atoms with Gasteiger partial charge >= 0.3 is 0 Å². The second kappa shape index (κ2) is 9.14. The third kappa shape index (κ3) is 6.19. The lowest BCUT2D eigenvalue weighted by Crippen LogP contribution is -2.19. The van der Waals surface area contributed by atoms with Gasteiger partial charge in [-0.2, -0.15) is 0 Å². The molecule has 0 saturated heterocycles. The van der Waals surface area contributed by atoms with Crippen molar-refractivity contribution in [1.82, 2.24) is 5.32 Å². The Bertz CT molecular complexity index is 310. The van der Waals surface area contributed by atoms with Gasteiger partial charge in [-0.15, -0.1) is 0 Å². The summed E-state index contributed by atoms with van der Waals surface area (Å²) in [6.45, 7) is 10.7. The molecule has 0 fully saturated rings. The standard InChI is InChI=1S/C14H25NO3/c1-4-16-7-8-17-11-13-5-6-18-14(13)10-15-9-12(2)3/h5-6,12,15H,4,7-11H2,1-3H3. The van der Waals surface area contributed by atoms with Gasteiger partial charge in [0.2, 0.25) is 0 Å². The van der Waals surface area contributed by atoms with E-state index < -0.39 is 0 Å². The maximum absolute atomic E-state index is 5.54. The SMILES string of the molecule is CCOCCOCc1ccoc1CNCC(C)C. The predicted molar refractivity (Wildman–Crippen MR) is 71.4 cm³/mol. The van der Waals surface area contributed by atoms with Gasteiger partial charge in [-0.05, 0) is 25.5 Å². The van der Waals surface area contributed by atoms with Crippen molar-refractivity contribution >= 4 is 0 Å². The highest BCUT2D eigenvalue weighted by atomic mass is 16.5. The average molecular weight is 255 g/mol. The number of rotatable bonds is 10. The number of furan rings is 1. The summed E-state index contributed by atoms with van der Waals surface area (Å²) in [7, 11) is 0. The Hall–Kier alpha value is -0.840. The highest BCUT2D eigenvalue weighted by molar-refractivity contribution is 5.15. The number of ether oxygens (including phenoxy) is 2. The van der Waals surface area contributed by atoms with Crippen molar-refractivity contribution in [2.24, 2.45) is 5.92 Å². The Kier molecular flexibility index (Phi) is 7.73. The Morgan fingerprint density at radius 3 is 2.78 bits per heavy atom. The van der Waals surface area contributed by atoms with Crippen LogP contribution in [0.2, 0.25) is 0 Å². The third-order valence-electron chi connectivity index (χ3n) is 2.51. The van der Waals surface area contributed by atoms with Crippen molar-refractivity contribution in [2.75, 3.05) is 26.4 Å². The van der Waals surface area contributed by atoms with Crippen LogP contribution in [0.5, 0.6) is 0 Å². The molecular formula is C14H25NO3. The zero-order valence-electron chi connectivity index (χ0n) is 11.7. The lowest BCUT2D eigenvalue weighted by Gasteiger charge is -2.08. The molecule has 1 N–H and O–H groups in total. The summed E-state index contributed by atoms with van der Waals surface area (Å²) < 4.78 is 16.2. The molecule has 0 amide bonds. The summed E-state index contributed by atoms with van der Waals surface area (Å²) in [5.74, 6) is 1.61. The Balaban J connectivity index is 2.22. The van der Waals surface area contributed by atoms with E-state index in [2.05, 4.69) is 19.2 Å². The molecule has 0 unspecified atom stereocenters. The van der Waals surface area contributed by atoms with Crippen molar-refractivity contribution in [3.05, 3.63) is 23.7 Å². The van der Waals surface area contributed by atoms with Crippen molar-refractivity contribution in [3.8, 4) is 0 Å². The Morgan fingerprint density at radius 2 is 2.06 bits per heavy atom. The average Bonchev–Trinajstić information content (AvgIpc) is 2.76. The van der Waals surface area contributed by atoms with E-state index in [9.17, 15) is 0 Å². The largest absolute Gasteiger partial charge is 0.468 e. The van der Waals surface area contributed by atoms with E-state index in [-0.39, 0.29) is 0 Å². The summed E-state index contributed by atoms with van der Waals surface area (Å²) in [5.41, 5.74) is 1.11. The molecular weight excluding hydrogens is 230 g/mol. The first kappa shape index (κ1) is 15.2. The molecule has 0 spiro atoms. The molecule has 4 heteroatoms. The van der Waals surface area contributed by atoms with E-state index in [1.54, 1.807) is 6.26 Å². The van der Waals surface area contributed by atoms with Gasteiger partial charge in [0.05, 0.1) is 32.6 Å². The van der Waals surface area contributed by atoms with E-state index in [1.807, 2.05) is 13.0 Å². The normalized spacial score (nSPS) is 11.3. The van der Waals surface area contributed by atoms with Gasteiger partial charge < -0.3 is 19.2 Å². The molecule has 0 bridgehead atoms. The number of hydrogen-bond acceptors (Lipinski definition) is 4. The fraction of sp³-hybridized carbons (Fsp3) is 0.714. The van der Waals surface area contributed by atoms with E-state index in [1.165, 1.54) is 0 Å². The summed E-state index contributed by atoms with van der Waals surface area (Å²) >= 11 is 0. The minimum absolute atomic E-state index is 0.586. The molecule has 0 saturated carbocycles. The van der Waals surface area contributed by atoms with Gasteiger partial charge in [0, 0.05) is 12.2 Å². The molecule has 0 aliphatic heterocycles. The van der Waals surface area contributed by atoms with E-state index in [4.69, 9.17) is 13.9 Å². The maximum atomic E-state index is 5.54. The quantitative estimate of drug-likeness (QED) is 0.653. The fourth-order valence-electron chi connectivity index (χ4n) is 1.57. The van der Waals surface area contributed by atoms with Crippen LogP contribution in [0.25, 0.3) is 0 Å². The first-order valence-electron chi connectivity index (χ1n) is 6.65. The predicted octanol–water partition coefficient (Wildman–Crippen LogP) is 2.58. The first-order chi connectivity index (χ1) is 8.74. The molecule has 104 valence electrons. The lowest BCUT2D eigenvalue weighted by atomic mass is 10.2. The van der Waals surface area contributed by atoms with Gasteiger partial charge in [-0.25, -0.2) is 0 Å². The van der Waals surface area contributed by atoms with Crippen LogP contribution in [0, 0.1) is 5.92 Å². The van der Waals surface area contributed by atoms with Crippen molar-refractivity contribution in [2.45, 2.75) is 33.9 Å². The van der Waals surface area contributed by atoms with Gasteiger partial charge in [0.25, 0.3) is 0 Å². The summed E-state index contributed by atoms with van der Waals surface area (Å²) in [6, 6.07) is 1.97. The molecule has 18 heavy (non-hydrogen) atoms. The molecule has 1 aromatic rings. The third-order valence-corrected chi connectivity index (χ3v) is 2.51. The van der Waals surface area contributed by atoms with Gasteiger partial charge in [0.1, 0.15) is 5.76 Å². The molecule has 0 aromatic carbocycles. The fourth-order valence-corrected chi connectivity index (χ4v) is 1.57. The summed E-state index contributed by atoms with van der Waals surface area (Å²) in [5, 5.41) is 3.36. The minimum Gasteiger partial charge on any atom is -0.468 e. The van der Waals surface area contributed by atoms with Crippen molar-refractivity contribution < 1.29 is 13.9 Å². The summed E-state index contributed by atoms with van der Waals surface area (Å²) in [4.78, 5) is 0. The van der Waals surface area contributed by atoms with Gasteiger partial charge in [0.15, 0.2) is 0 Å². The monoisotopic (exact) mass is 255 g/mol. The van der Waals surface area contributed by atoms with E-state index in [0.717, 1.165) is 31.0 Å². The highest BCUT2D eigenvalue weighted by Crippen LogP contribution is 2.11. The molecule has 0 radical (unpaired) electrons. The minimum atomic E-state index is 0.586. The van der Waals surface area contributed by atoms with Gasteiger partial charge in [-0.3, -0.25) is 0 Å². The molecule has 0 aliphatic rings. The molecule has 1 aromatic heterocycles. The molecule has 1 rings (SSSR count). The first-order valence-corrected chi connectivity index (χ1v) is 6.65. The van der Waals surface area contributed by atoms with Crippen LogP contribution in [0.4, 0.5) is 0 Å². The second-order valence-corrected chi connectivity index (χ2v) is 4.64. The van der Waals surface area contributed by atoms with Crippen LogP contribution in [-0.2, 0) is 22.6 Å². The van der Waals surface area contributed by atoms with Crippen LogP contribution in [-0.4, -0.2) is 26.4 Å². The Labute approximate surface area is 110 Å². The topological polar surface area (TPSA) is 43.6 Å². The zero-order valence-corrected chi connectivity index (χ0v) is 11.7. The molecule has 1 heterocycles. The van der Waals surface area contributed by atoms with Crippen LogP contribution in [0.1, 0.15) is 32.1 Å². The van der Waals surface area contributed by atoms with E-state index in [0.29, 0.717) is 25.7 Å². The number of nitrogens with one attached hydrogen (secondary N) is 1. The van der Waals surface area contributed by atoms with Crippen LogP contribution in [0.3, 0.4) is 0 Å². The van der Waals surface area contributed by atoms with Crippen LogP contribution in [0.15, 0.2) is 16.7 Å². The Morgan fingerprint density at radius 1 is 1.28 bits per heavy atom. The summed E-state index contributed by atoms with van der Waals surface area (Å²) in [6.07, 6.45) is 1.72. The highest BCUT2D eigenvalue weighted by Gasteiger charge is 2.06. The smallest absolute Gasteiger partial charge is 0.123 e. The second-order valence-electron chi connectivity index (χ2n) is 4.64. The maximum Gasteiger partial charge on any atom is 0.123 e. The lowest BCUT2D eigenvalue weighted by molar-refractivity contribution is 0.0447. The van der Waals surface area contributed by atoms with Crippen LogP contribution >= 0.6 is 0 Å². The molecule has 0 atom stereocenters. The molecule has 4 nitrogen and oxygen atoms in total.